The lowest BCUT2D eigenvalue weighted by Gasteiger charge is -2.18. The average molecular weight is 1070 g/mol. The van der Waals surface area contributed by atoms with Crippen molar-refractivity contribution in [2.24, 2.45) is 0 Å². The van der Waals surface area contributed by atoms with Crippen LogP contribution in [0.1, 0.15) is 290 Å². The van der Waals surface area contributed by atoms with Gasteiger partial charge in [0.05, 0.1) is 0 Å². The van der Waals surface area contributed by atoms with Crippen molar-refractivity contribution in [1.82, 2.24) is 0 Å². The van der Waals surface area contributed by atoms with Crippen LogP contribution < -0.4 is 0 Å². The molecule has 1 unspecified atom stereocenters. The standard InChI is InChI=1S/C71H118O6/c1-4-7-10-13-16-19-22-25-28-30-32-33-34-35-36-37-39-40-43-46-49-52-55-58-61-64-70(73)76-67-68(66-75-69(72)63-60-57-54-51-48-45-42-27-24-21-18-15-12-9-6-3)77-71(74)65-62-59-56-53-50-47-44-41-38-31-29-26-23-20-17-14-11-8-5-2/h8-9,11-12,17-18,20-22,25-27,29-30,32,38,41-42,48,51,68H,4-7,10,13-16,19,23-24,28,31,33-37,39-40,43-47,49-50,52-67H2,1-3H3/b11-8-,12-9-,20-17-,21-18-,25-22-,29-26-,32-30-,41-38-,42-27-,51-48-. The monoisotopic (exact) mass is 1070 g/mol. The van der Waals surface area contributed by atoms with Crippen LogP contribution in [0.25, 0.3) is 0 Å². The summed E-state index contributed by atoms with van der Waals surface area (Å²) in [5.74, 6) is -0.953. The molecule has 438 valence electrons. The molecule has 0 aromatic carbocycles. The van der Waals surface area contributed by atoms with E-state index in [1.165, 1.54) is 122 Å². The largest absolute Gasteiger partial charge is 0.462 e. The fraction of sp³-hybridized carbons (Fsp3) is 0.676. The number of ether oxygens (including phenoxy) is 3. The fourth-order valence-corrected chi connectivity index (χ4v) is 8.69. The van der Waals surface area contributed by atoms with Crippen LogP contribution >= 0.6 is 0 Å². The quantitative estimate of drug-likeness (QED) is 0.0261. The van der Waals surface area contributed by atoms with Gasteiger partial charge >= 0.3 is 17.9 Å². The van der Waals surface area contributed by atoms with Gasteiger partial charge in [0.2, 0.25) is 0 Å². The molecule has 0 heterocycles. The van der Waals surface area contributed by atoms with Gasteiger partial charge in [0.15, 0.2) is 6.10 Å². The number of unbranched alkanes of at least 4 members (excludes halogenated alkanes) is 26. The number of carbonyl (C=O) groups excluding carboxylic acids is 3. The topological polar surface area (TPSA) is 78.9 Å². The minimum atomic E-state index is -0.808. The smallest absolute Gasteiger partial charge is 0.306 e. The summed E-state index contributed by atoms with van der Waals surface area (Å²) in [7, 11) is 0. The van der Waals surface area contributed by atoms with E-state index in [1.807, 2.05) is 0 Å². The second-order valence-corrected chi connectivity index (χ2v) is 20.9. The molecule has 77 heavy (non-hydrogen) atoms. The molecule has 0 amide bonds. The maximum atomic E-state index is 12.9. The highest BCUT2D eigenvalue weighted by Gasteiger charge is 2.19. The van der Waals surface area contributed by atoms with Crippen LogP contribution in [0.2, 0.25) is 0 Å². The molecule has 0 aromatic rings. The molecule has 0 saturated heterocycles. The molecule has 0 aliphatic heterocycles. The molecule has 0 saturated carbocycles. The first kappa shape index (κ1) is 72.8. The van der Waals surface area contributed by atoms with Gasteiger partial charge < -0.3 is 14.2 Å². The summed E-state index contributed by atoms with van der Waals surface area (Å²) in [5.41, 5.74) is 0. The van der Waals surface area contributed by atoms with Gasteiger partial charge in [-0.3, -0.25) is 14.4 Å². The molecule has 0 aliphatic rings. The third-order valence-corrected chi connectivity index (χ3v) is 13.4. The van der Waals surface area contributed by atoms with Gasteiger partial charge in [0.1, 0.15) is 13.2 Å². The molecular formula is C71H118O6. The molecule has 0 N–H and O–H groups in total. The van der Waals surface area contributed by atoms with Gasteiger partial charge in [-0.1, -0.05) is 264 Å². The van der Waals surface area contributed by atoms with E-state index in [0.29, 0.717) is 19.3 Å². The lowest BCUT2D eigenvalue weighted by Crippen LogP contribution is -2.30. The zero-order valence-electron chi connectivity index (χ0n) is 50.2. The minimum Gasteiger partial charge on any atom is -0.462 e. The summed E-state index contributed by atoms with van der Waals surface area (Å²) in [5, 5.41) is 0. The Morgan fingerprint density at radius 3 is 0.818 bits per heavy atom. The molecule has 0 spiro atoms. The van der Waals surface area contributed by atoms with Gasteiger partial charge in [-0.2, -0.15) is 0 Å². The van der Waals surface area contributed by atoms with Crippen molar-refractivity contribution in [3.05, 3.63) is 122 Å². The Morgan fingerprint density at radius 2 is 0.506 bits per heavy atom. The Bertz CT molecular complexity index is 1600. The Labute approximate surface area is 475 Å². The van der Waals surface area contributed by atoms with E-state index in [9.17, 15) is 14.4 Å². The van der Waals surface area contributed by atoms with Gasteiger partial charge in [-0.05, 0) is 128 Å². The summed E-state index contributed by atoms with van der Waals surface area (Å²) in [6, 6.07) is 0. The summed E-state index contributed by atoms with van der Waals surface area (Å²) in [6.45, 7) is 6.37. The third-order valence-electron chi connectivity index (χ3n) is 13.4. The summed E-state index contributed by atoms with van der Waals surface area (Å²) in [6.07, 6.45) is 89.2. The summed E-state index contributed by atoms with van der Waals surface area (Å²) < 4.78 is 16.9. The molecule has 0 bridgehead atoms. The Balaban J connectivity index is 4.40. The van der Waals surface area contributed by atoms with Crippen molar-refractivity contribution < 1.29 is 28.6 Å². The van der Waals surface area contributed by atoms with E-state index in [-0.39, 0.29) is 31.1 Å². The number of rotatable bonds is 57. The van der Waals surface area contributed by atoms with Crippen molar-refractivity contribution in [3.63, 3.8) is 0 Å². The van der Waals surface area contributed by atoms with Gasteiger partial charge in [0.25, 0.3) is 0 Å². The second-order valence-electron chi connectivity index (χ2n) is 20.9. The van der Waals surface area contributed by atoms with Crippen molar-refractivity contribution in [1.29, 1.82) is 0 Å². The van der Waals surface area contributed by atoms with E-state index >= 15 is 0 Å². The molecule has 0 aromatic heterocycles. The highest BCUT2D eigenvalue weighted by atomic mass is 16.6. The van der Waals surface area contributed by atoms with E-state index in [4.69, 9.17) is 14.2 Å². The number of esters is 3. The maximum absolute atomic E-state index is 12.9. The third kappa shape index (κ3) is 62.5. The van der Waals surface area contributed by atoms with E-state index in [1.54, 1.807) is 0 Å². The molecule has 6 heteroatoms. The van der Waals surface area contributed by atoms with Crippen LogP contribution in [0, 0.1) is 0 Å². The molecule has 0 fully saturated rings. The predicted molar refractivity (Wildman–Crippen MR) is 334 cm³/mol. The van der Waals surface area contributed by atoms with Crippen LogP contribution in [0.15, 0.2) is 122 Å². The van der Waals surface area contributed by atoms with Gasteiger partial charge in [-0.25, -0.2) is 0 Å². The second kappa shape index (κ2) is 64.3. The normalized spacial score (nSPS) is 12.9. The SMILES string of the molecule is CC/C=C\C/C=C\C/C=C\C/C=C\CCCCCCCCC(=O)OC(COC(=O)CCCC/C=C\C/C=C\C/C=C\C/C=C\CC)COC(=O)CCCCCCCCCCCCCCC/C=C\C/C=C\CCCCCCC. The van der Waals surface area contributed by atoms with Crippen LogP contribution in [0.5, 0.6) is 0 Å². The first-order chi connectivity index (χ1) is 38.0. The van der Waals surface area contributed by atoms with E-state index in [2.05, 4.69) is 142 Å². The number of hydrogen-bond acceptors (Lipinski definition) is 6. The highest BCUT2D eigenvalue weighted by molar-refractivity contribution is 5.71. The van der Waals surface area contributed by atoms with Crippen LogP contribution in [0.4, 0.5) is 0 Å². The van der Waals surface area contributed by atoms with Crippen molar-refractivity contribution >= 4 is 17.9 Å². The first-order valence-corrected chi connectivity index (χ1v) is 32.0. The maximum Gasteiger partial charge on any atom is 0.306 e. The lowest BCUT2D eigenvalue weighted by molar-refractivity contribution is -0.167. The Kier molecular flexibility index (Phi) is 60.8. The minimum absolute atomic E-state index is 0.0995. The van der Waals surface area contributed by atoms with E-state index in [0.717, 1.165) is 128 Å². The molecule has 6 nitrogen and oxygen atoms in total. The van der Waals surface area contributed by atoms with Gasteiger partial charge in [-0.15, -0.1) is 0 Å². The number of allylic oxidation sites excluding steroid dienone is 20. The number of hydrogen-bond donors (Lipinski definition) is 0. The Hall–Kier alpha value is -4.19. The summed E-state index contributed by atoms with van der Waals surface area (Å²) >= 11 is 0. The predicted octanol–water partition coefficient (Wildman–Crippen LogP) is 22.0. The fourth-order valence-electron chi connectivity index (χ4n) is 8.69. The van der Waals surface area contributed by atoms with Crippen LogP contribution in [0.3, 0.4) is 0 Å². The van der Waals surface area contributed by atoms with Crippen molar-refractivity contribution in [2.45, 2.75) is 297 Å². The zero-order valence-corrected chi connectivity index (χ0v) is 50.2. The molecular weight excluding hydrogens is 949 g/mol. The van der Waals surface area contributed by atoms with Gasteiger partial charge in [0, 0.05) is 19.3 Å². The number of carbonyl (C=O) groups is 3. The molecule has 0 radical (unpaired) electrons. The lowest BCUT2D eigenvalue weighted by atomic mass is 10.0. The highest BCUT2D eigenvalue weighted by Crippen LogP contribution is 2.16. The Morgan fingerprint density at radius 1 is 0.273 bits per heavy atom. The zero-order chi connectivity index (χ0) is 55.7. The molecule has 0 rings (SSSR count). The molecule has 1 atom stereocenters. The van der Waals surface area contributed by atoms with Crippen molar-refractivity contribution in [2.75, 3.05) is 13.2 Å². The first-order valence-electron chi connectivity index (χ1n) is 32.0. The van der Waals surface area contributed by atoms with Crippen molar-refractivity contribution in [3.8, 4) is 0 Å². The molecule has 0 aliphatic carbocycles. The average Bonchev–Trinajstić information content (AvgIpc) is 3.43. The van der Waals surface area contributed by atoms with E-state index < -0.39 is 6.10 Å². The summed E-state index contributed by atoms with van der Waals surface area (Å²) in [4.78, 5) is 38.3. The van der Waals surface area contributed by atoms with Crippen LogP contribution in [-0.2, 0) is 28.6 Å². The van der Waals surface area contributed by atoms with Crippen LogP contribution in [-0.4, -0.2) is 37.2 Å².